The molecule has 140 valence electrons. The summed E-state index contributed by atoms with van der Waals surface area (Å²) in [4.78, 5) is 2.51. The van der Waals surface area contributed by atoms with Crippen LogP contribution in [0.4, 0.5) is 5.69 Å². The first-order valence-electron chi connectivity index (χ1n) is 9.56. The Bertz CT molecular complexity index is 917. The van der Waals surface area contributed by atoms with Gasteiger partial charge in [0.2, 0.25) is 0 Å². The van der Waals surface area contributed by atoms with E-state index in [0.717, 1.165) is 24.1 Å². The number of rotatable bonds is 3. The third-order valence-electron chi connectivity index (χ3n) is 5.67. The van der Waals surface area contributed by atoms with Gasteiger partial charge in [-0.3, -0.25) is 0 Å². The van der Waals surface area contributed by atoms with Gasteiger partial charge in [-0.05, 0) is 92.6 Å². The zero-order valence-electron chi connectivity index (χ0n) is 16.8. The van der Waals surface area contributed by atoms with Gasteiger partial charge in [-0.2, -0.15) is 5.26 Å². The summed E-state index contributed by atoms with van der Waals surface area (Å²) in [6.45, 7) is 12.3. The first kappa shape index (κ1) is 19.5. The summed E-state index contributed by atoms with van der Waals surface area (Å²) >= 11 is 5.98. The summed E-state index contributed by atoms with van der Waals surface area (Å²) in [5.74, 6) is 0.492. The van der Waals surface area contributed by atoms with E-state index in [1.54, 1.807) is 0 Å². The van der Waals surface area contributed by atoms with Crippen molar-refractivity contribution in [2.24, 2.45) is 0 Å². The van der Waals surface area contributed by atoms with Gasteiger partial charge in [0.05, 0.1) is 11.6 Å². The van der Waals surface area contributed by atoms with Crippen LogP contribution in [0.5, 0.6) is 0 Å². The molecule has 3 heteroatoms. The van der Waals surface area contributed by atoms with Crippen LogP contribution in [0, 0.1) is 18.3 Å². The molecule has 0 N–H and O–H groups in total. The van der Waals surface area contributed by atoms with Gasteiger partial charge < -0.3 is 4.90 Å². The molecule has 0 spiro atoms. The lowest BCUT2D eigenvalue weighted by molar-refractivity contribution is 0.381. The van der Waals surface area contributed by atoms with Gasteiger partial charge in [-0.15, -0.1) is 0 Å². The molecule has 1 heterocycles. The number of benzene rings is 2. The average Bonchev–Trinajstić information content (AvgIpc) is 2.61. The number of anilines is 1. The van der Waals surface area contributed by atoms with E-state index in [1.807, 2.05) is 30.3 Å². The van der Waals surface area contributed by atoms with Gasteiger partial charge in [0.25, 0.3) is 0 Å². The number of nitriles is 1. The highest BCUT2D eigenvalue weighted by atomic mass is 35.5. The average molecular weight is 379 g/mol. The number of halogens is 1. The molecular formula is C24H27ClN2. The number of aryl methyl sites for hydroxylation is 1. The molecular weight excluding hydrogens is 352 g/mol. The van der Waals surface area contributed by atoms with Gasteiger partial charge >= 0.3 is 0 Å². The molecule has 1 aliphatic heterocycles. The third kappa shape index (κ3) is 3.75. The highest BCUT2D eigenvalue weighted by molar-refractivity contribution is 6.30. The number of nitrogens with zero attached hydrogens (tertiary/aromatic N) is 2. The molecule has 3 rings (SSSR count). The molecule has 0 radical (unpaired) electrons. The first-order valence-corrected chi connectivity index (χ1v) is 9.94. The van der Waals surface area contributed by atoms with Crippen LogP contribution >= 0.6 is 11.6 Å². The maximum absolute atomic E-state index is 9.68. The van der Waals surface area contributed by atoms with E-state index in [1.165, 1.54) is 16.8 Å². The topological polar surface area (TPSA) is 27.0 Å². The summed E-state index contributed by atoms with van der Waals surface area (Å²) in [7, 11) is 0. The van der Waals surface area contributed by atoms with Crippen molar-refractivity contribution in [3.8, 4) is 6.07 Å². The lowest BCUT2D eigenvalue weighted by Crippen LogP contribution is -2.48. The predicted octanol–water partition coefficient (Wildman–Crippen LogP) is 6.82. The van der Waals surface area contributed by atoms with Crippen LogP contribution in [0.25, 0.3) is 11.6 Å². The molecule has 2 aromatic rings. The fourth-order valence-corrected chi connectivity index (χ4v) is 4.50. The maximum atomic E-state index is 9.68. The number of hydrogen-bond acceptors (Lipinski definition) is 2. The summed E-state index contributed by atoms with van der Waals surface area (Å²) in [5.41, 5.74) is 6.73. The van der Waals surface area contributed by atoms with E-state index in [2.05, 4.69) is 57.7 Å². The molecule has 0 fully saturated rings. The van der Waals surface area contributed by atoms with E-state index in [0.29, 0.717) is 16.5 Å². The minimum atomic E-state index is 0.159. The van der Waals surface area contributed by atoms with Crippen LogP contribution in [-0.2, 0) is 0 Å². The van der Waals surface area contributed by atoms with Crippen LogP contribution in [0.1, 0.15) is 62.3 Å². The largest absolute Gasteiger partial charge is 0.366 e. The number of hydrogen-bond donors (Lipinski definition) is 0. The molecule has 0 aromatic heterocycles. The summed E-state index contributed by atoms with van der Waals surface area (Å²) in [6, 6.07) is 14.4. The number of fused-ring (bicyclic) bond motifs is 1. The second-order valence-electron chi connectivity index (χ2n) is 8.11. The highest BCUT2D eigenvalue weighted by Crippen LogP contribution is 2.44. The summed E-state index contributed by atoms with van der Waals surface area (Å²) in [6.07, 6.45) is 3.13. The van der Waals surface area contributed by atoms with E-state index in [4.69, 9.17) is 11.6 Å². The van der Waals surface area contributed by atoms with Gasteiger partial charge in [0.1, 0.15) is 0 Å². The standard InChI is InChI=1S/C24H27ClN2/c1-6-27-23-11-16(2)19(13-22(23)17(3)14-24(27,4)5)12-20(15-26)18-7-9-21(25)10-8-18/h7-13,17H,6,14H2,1-5H3/b20-12-/t17-/m0/s1. The third-order valence-corrected chi connectivity index (χ3v) is 5.92. The Kier molecular flexibility index (Phi) is 5.36. The van der Waals surface area contributed by atoms with Gasteiger partial charge in [0, 0.05) is 22.8 Å². The van der Waals surface area contributed by atoms with E-state index in [-0.39, 0.29) is 5.54 Å². The normalized spacial score (nSPS) is 18.8. The van der Waals surface area contributed by atoms with Gasteiger partial charge in [-0.25, -0.2) is 0 Å². The molecule has 1 atom stereocenters. The highest BCUT2D eigenvalue weighted by Gasteiger charge is 2.35. The van der Waals surface area contributed by atoms with Crippen molar-refractivity contribution in [2.75, 3.05) is 11.4 Å². The number of allylic oxidation sites excluding steroid dienone is 1. The molecule has 0 unspecified atom stereocenters. The van der Waals surface area contributed by atoms with Crippen molar-refractivity contribution in [3.05, 3.63) is 63.7 Å². The molecule has 0 bridgehead atoms. The zero-order chi connectivity index (χ0) is 19.8. The van der Waals surface area contributed by atoms with Crippen molar-refractivity contribution in [3.63, 3.8) is 0 Å². The Balaban J connectivity index is 2.10. The van der Waals surface area contributed by atoms with Crippen molar-refractivity contribution in [2.45, 2.75) is 52.5 Å². The minimum absolute atomic E-state index is 0.159. The van der Waals surface area contributed by atoms with Crippen LogP contribution in [0.15, 0.2) is 36.4 Å². The van der Waals surface area contributed by atoms with Crippen molar-refractivity contribution >= 4 is 28.9 Å². The Morgan fingerprint density at radius 1 is 1.30 bits per heavy atom. The lowest BCUT2D eigenvalue weighted by Gasteiger charge is -2.47. The second kappa shape index (κ2) is 7.41. The molecule has 0 saturated heterocycles. The summed E-state index contributed by atoms with van der Waals surface area (Å²) in [5, 5.41) is 10.4. The first-order chi connectivity index (χ1) is 12.8. The molecule has 27 heavy (non-hydrogen) atoms. The van der Waals surface area contributed by atoms with E-state index in [9.17, 15) is 5.26 Å². The van der Waals surface area contributed by atoms with Crippen molar-refractivity contribution in [1.82, 2.24) is 0 Å². The van der Waals surface area contributed by atoms with Crippen LogP contribution in [0.2, 0.25) is 5.02 Å². The fraction of sp³-hybridized carbons (Fsp3) is 0.375. The molecule has 1 aliphatic rings. The minimum Gasteiger partial charge on any atom is -0.366 e. The van der Waals surface area contributed by atoms with Crippen LogP contribution < -0.4 is 4.90 Å². The summed E-state index contributed by atoms with van der Waals surface area (Å²) < 4.78 is 0. The van der Waals surface area contributed by atoms with Crippen LogP contribution in [0.3, 0.4) is 0 Å². The molecule has 2 aromatic carbocycles. The SMILES string of the molecule is CCN1c2cc(C)c(/C=C(/C#N)c3ccc(Cl)cc3)cc2[C@@H](C)CC1(C)C. The Morgan fingerprint density at radius 2 is 1.96 bits per heavy atom. The van der Waals surface area contributed by atoms with Gasteiger partial charge in [-0.1, -0.05) is 30.7 Å². The monoisotopic (exact) mass is 378 g/mol. The Hall–Kier alpha value is -2.24. The van der Waals surface area contributed by atoms with Crippen LogP contribution in [-0.4, -0.2) is 12.1 Å². The zero-order valence-corrected chi connectivity index (χ0v) is 17.6. The smallest absolute Gasteiger partial charge is 0.0998 e. The van der Waals surface area contributed by atoms with E-state index < -0.39 is 0 Å². The Labute approximate surface area is 168 Å². The van der Waals surface area contributed by atoms with Crippen molar-refractivity contribution < 1.29 is 0 Å². The quantitative estimate of drug-likeness (QED) is 0.432. The van der Waals surface area contributed by atoms with E-state index >= 15 is 0 Å². The fourth-order valence-electron chi connectivity index (χ4n) is 4.37. The predicted molar refractivity (Wildman–Crippen MR) is 116 cm³/mol. The molecule has 0 aliphatic carbocycles. The lowest BCUT2D eigenvalue weighted by atomic mass is 9.79. The molecule has 2 nitrogen and oxygen atoms in total. The second-order valence-corrected chi connectivity index (χ2v) is 8.54. The Morgan fingerprint density at radius 3 is 2.56 bits per heavy atom. The molecule has 0 saturated carbocycles. The van der Waals surface area contributed by atoms with Gasteiger partial charge in [0.15, 0.2) is 0 Å². The maximum Gasteiger partial charge on any atom is 0.0998 e. The van der Waals surface area contributed by atoms with Crippen molar-refractivity contribution in [1.29, 1.82) is 5.26 Å². The molecule has 0 amide bonds.